The number of methoxy groups -OCH3 is 2. The van der Waals surface area contributed by atoms with Crippen molar-refractivity contribution in [2.45, 2.75) is 12.5 Å². The number of ether oxygens (including phenoxy) is 2. The normalized spacial score (nSPS) is 20.2. The number of piperazine rings is 1. The van der Waals surface area contributed by atoms with E-state index in [-0.39, 0.29) is 57.0 Å². The fourth-order valence-corrected chi connectivity index (χ4v) is 4.90. The molecule has 1 aromatic rings. The SMILES string of the molecule is C=CC(=O)N1CCN(C)C(CCN2C(=N)/C(=C\N)C=C(c3c(Cl)c(OC)cc(OC)c3Cl)C2=O)C1. The summed E-state index contributed by atoms with van der Waals surface area (Å²) in [7, 11) is 4.87. The van der Waals surface area contributed by atoms with E-state index in [2.05, 4.69) is 11.5 Å². The van der Waals surface area contributed by atoms with E-state index in [0.29, 0.717) is 31.6 Å². The molecule has 1 atom stereocenters. The van der Waals surface area contributed by atoms with E-state index in [4.69, 9.17) is 43.8 Å². The third-order valence-electron chi connectivity index (χ3n) is 6.29. The number of halogens is 2. The van der Waals surface area contributed by atoms with Gasteiger partial charge in [0.2, 0.25) is 5.91 Å². The summed E-state index contributed by atoms with van der Waals surface area (Å²) in [4.78, 5) is 30.9. The van der Waals surface area contributed by atoms with Crippen molar-refractivity contribution >= 4 is 46.4 Å². The van der Waals surface area contributed by atoms with Crippen molar-refractivity contribution in [1.82, 2.24) is 14.7 Å². The Balaban J connectivity index is 1.94. The number of amidine groups is 1. The first kappa shape index (κ1) is 26.6. The smallest absolute Gasteiger partial charge is 0.260 e. The number of hydrogen-bond acceptors (Lipinski definition) is 7. The van der Waals surface area contributed by atoms with Gasteiger partial charge < -0.3 is 20.1 Å². The van der Waals surface area contributed by atoms with Gasteiger partial charge in [-0.3, -0.25) is 24.8 Å². The minimum Gasteiger partial charge on any atom is -0.495 e. The Morgan fingerprint density at radius 3 is 2.43 bits per heavy atom. The quantitative estimate of drug-likeness (QED) is 0.533. The average Bonchev–Trinajstić information content (AvgIpc) is 2.85. The highest BCUT2D eigenvalue weighted by atomic mass is 35.5. The summed E-state index contributed by atoms with van der Waals surface area (Å²) in [5.74, 6) is -0.0199. The predicted molar refractivity (Wildman–Crippen MR) is 137 cm³/mol. The number of nitrogens with two attached hydrogens (primary N) is 1. The van der Waals surface area contributed by atoms with Crippen LogP contribution in [0.5, 0.6) is 11.5 Å². The van der Waals surface area contributed by atoms with Crippen molar-refractivity contribution in [2.24, 2.45) is 5.73 Å². The number of amides is 2. The standard InChI is InChI=1S/C24H29Cl2N5O4/c1-5-19(32)30-9-8-29(2)15(13-30)6-7-31-23(28)14(12-27)10-16(24(31)33)20-21(25)17(34-3)11-18(35-4)22(20)26/h5,10-12,15,28H,1,6-9,13,27H2,2-4H3/b14-12-,28-23?. The fraction of sp³-hybridized carbons (Fsp3) is 0.375. The molecular formula is C24H29Cl2N5O4. The molecule has 1 saturated heterocycles. The van der Waals surface area contributed by atoms with Gasteiger partial charge in [0.25, 0.3) is 5.91 Å². The fourth-order valence-electron chi connectivity index (χ4n) is 4.20. The topological polar surface area (TPSA) is 112 Å². The van der Waals surface area contributed by atoms with E-state index in [1.54, 1.807) is 4.90 Å². The van der Waals surface area contributed by atoms with Crippen LogP contribution in [0.3, 0.4) is 0 Å². The molecule has 0 aromatic heterocycles. The highest BCUT2D eigenvalue weighted by molar-refractivity contribution is 6.43. The number of benzene rings is 1. The van der Waals surface area contributed by atoms with Crippen LogP contribution in [-0.2, 0) is 9.59 Å². The van der Waals surface area contributed by atoms with Gasteiger partial charge in [0.05, 0.1) is 29.8 Å². The molecule has 2 heterocycles. The van der Waals surface area contributed by atoms with Crippen molar-refractivity contribution in [1.29, 1.82) is 5.41 Å². The zero-order chi connectivity index (χ0) is 25.9. The molecule has 3 rings (SSSR count). The second kappa shape index (κ2) is 11.2. The lowest BCUT2D eigenvalue weighted by Gasteiger charge is -2.40. The van der Waals surface area contributed by atoms with E-state index in [1.165, 1.54) is 43.5 Å². The highest BCUT2D eigenvalue weighted by Gasteiger charge is 2.35. The van der Waals surface area contributed by atoms with Crippen LogP contribution in [0.15, 0.2) is 36.6 Å². The molecule has 1 unspecified atom stereocenters. The summed E-state index contributed by atoms with van der Waals surface area (Å²) in [6.45, 7) is 5.60. The van der Waals surface area contributed by atoms with E-state index >= 15 is 0 Å². The van der Waals surface area contributed by atoms with Gasteiger partial charge in [0.1, 0.15) is 17.3 Å². The van der Waals surface area contributed by atoms with Crippen LogP contribution in [0.2, 0.25) is 10.0 Å². The Morgan fingerprint density at radius 1 is 1.26 bits per heavy atom. The first-order chi connectivity index (χ1) is 16.7. The molecule has 0 spiro atoms. The molecular weight excluding hydrogens is 493 g/mol. The van der Waals surface area contributed by atoms with Crippen LogP contribution in [0, 0.1) is 5.41 Å². The third kappa shape index (κ3) is 5.17. The predicted octanol–water partition coefficient (Wildman–Crippen LogP) is 2.77. The molecule has 9 nitrogen and oxygen atoms in total. The zero-order valence-corrected chi connectivity index (χ0v) is 21.4. The van der Waals surface area contributed by atoms with Crippen molar-refractivity contribution in [3.05, 3.63) is 52.2 Å². The molecule has 35 heavy (non-hydrogen) atoms. The molecule has 0 radical (unpaired) electrons. The van der Waals surface area contributed by atoms with Crippen LogP contribution >= 0.6 is 23.2 Å². The first-order valence-electron chi connectivity index (χ1n) is 10.9. The van der Waals surface area contributed by atoms with E-state index < -0.39 is 5.91 Å². The molecule has 0 aliphatic carbocycles. The van der Waals surface area contributed by atoms with Crippen molar-refractivity contribution in [2.75, 3.05) is 47.4 Å². The van der Waals surface area contributed by atoms with Crippen molar-refractivity contribution in [3.8, 4) is 11.5 Å². The minimum absolute atomic E-state index is 0.00278. The lowest BCUT2D eigenvalue weighted by Crippen LogP contribution is -2.54. The Labute approximate surface area is 214 Å². The summed E-state index contributed by atoms with van der Waals surface area (Å²) in [5.41, 5.74) is 6.55. The lowest BCUT2D eigenvalue weighted by molar-refractivity contribution is -0.129. The summed E-state index contributed by atoms with van der Waals surface area (Å²) < 4.78 is 10.7. The Bertz CT molecular complexity index is 1090. The molecule has 0 bridgehead atoms. The molecule has 1 fully saturated rings. The van der Waals surface area contributed by atoms with Gasteiger partial charge in [-0.1, -0.05) is 29.8 Å². The number of likely N-dealkylation sites (N-methyl/N-ethyl adjacent to an activating group) is 1. The Hall–Kier alpha value is -3.01. The monoisotopic (exact) mass is 521 g/mol. The van der Waals surface area contributed by atoms with Gasteiger partial charge in [0.15, 0.2) is 0 Å². The summed E-state index contributed by atoms with van der Waals surface area (Å²) in [5, 5.41) is 8.85. The van der Waals surface area contributed by atoms with E-state index in [1.807, 2.05) is 7.05 Å². The molecule has 1 aromatic carbocycles. The van der Waals surface area contributed by atoms with Crippen molar-refractivity contribution in [3.63, 3.8) is 0 Å². The second-order valence-corrected chi connectivity index (χ2v) is 8.94. The first-order valence-corrected chi connectivity index (χ1v) is 11.7. The van der Waals surface area contributed by atoms with Crippen LogP contribution in [0.1, 0.15) is 12.0 Å². The average molecular weight is 522 g/mol. The largest absolute Gasteiger partial charge is 0.495 e. The number of hydrogen-bond donors (Lipinski definition) is 2. The molecule has 2 aliphatic rings. The molecule has 11 heteroatoms. The maximum absolute atomic E-state index is 13.6. The number of carbonyl (C=O) groups is 2. The maximum atomic E-state index is 13.6. The van der Waals surface area contributed by atoms with E-state index in [9.17, 15) is 9.59 Å². The Morgan fingerprint density at radius 2 is 1.89 bits per heavy atom. The molecule has 2 aliphatic heterocycles. The van der Waals surface area contributed by atoms with Crippen molar-refractivity contribution < 1.29 is 19.1 Å². The number of nitrogens with one attached hydrogen (secondary N) is 1. The number of nitrogens with zero attached hydrogens (tertiary/aromatic N) is 3. The summed E-state index contributed by atoms with van der Waals surface area (Å²) in [6, 6.07) is 1.54. The van der Waals surface area contributed by atoms with Gasteiger partial charge in [0, 0.05) is 55.6 Å². The van der Waals surface area contributed by atoms with Gasteiger partial charge in [-0.15, -0.1) is 0 Å². The highest BCUT2D eigenvalue weighted by Crippen LogP contribution is 2.45. The summed E-state index contributed by atoms with van der Waals surface area (Å²) >= 11 is 13.1. The van der Waals surface area contributed by atoms with Gasteiger partial charge in [-0.2, -0.15) is 0 Å². The van der Waals surface area contributed by atoms with Crippen LogP contribution < -0.4 is 15.2 Å². The molecule has 3 N–H and O–H groups in total. The van der Waals surface area contributed by atoms with Crippen LogP contribution in [0.25, 0.3) is 5.57 Å². The Kier molecular flexibility index (Phi) is 8.47. The van der Waals surface area contributed by atoms with Gasteiger partial charge in [-0.05, 0) is 25.6 Å². The molecule has 188 valence electrons. The molecule has 0 saturated carbocycles. The maximum Gasteiger partial charge on any atom is 0.260 e. The van der Waals surface area contributed by atoms with Gasteiger partial charge in [-0.25, -0.2) is 0 Å². The van der Waals surface area contributed by atoms with Crippen LogP contribution in [0.4, 0.5) is 0 Å². The molecule has 2 amide bonds. The second-order valence-electron chi connectivity index (χ2n) is 8.18. The summed E-state index contributed by atoms with van der Waals surface area (Å²) in [6.07, 6.45) is 4.58. The number of carbonyl (C=O) groups excluding carboxylic acids is 2. The third-order valence-corrected chi connectivity index (χ3v) is 7.04. The van der Waals surface area contributed by atoms with E-state index in [0.717, 1.165) is 0 Å². The zero-order valence-electron chi connectivity index (χ0n) is 19.9. The lowest BCUT2D eigenvalue weighted by atomic mass is 9.95. The van der Waals surface area contributed by atoms with Gasteiger partial charge >= 0.3 is 0 Å². The number of rotatable bonds is 7. The minimum atomic E-state index is -0.447. The van der Waals surface area contributed by atoms with Crippen LogP contribution in [-0.4, -0.2) is 85.8 Å².